The third-order valence-electron chi connectivity index (χ3n) is 1.38. The van der Waals surface area contributed by atoms with Crippen molar-refractivity contribution >= 4 is 7.60 Å². The molecule has 0 aromatic carbocycles. The van der Waals surface area contributed by atoms with Gasteiger partial charge < -0.3 is 9.05 Å². The largest absolute Gasteiger partial charge is 0.362 e. The van der Waals surface area contributed by atoms with E-state index < -0.39 is 7.60 Å². The fraction of sp³-hybridized carbons (Fsp3) is 0.750. The summed E-state index contributed by atoms with van der Waals surface area (Å²) in [4.78, 5) is 0. The molecule has 0 aliphatic carbocycles. The molecular weight excluding hydrogens is 223 g/mol. The smallest absolute Gasteiger partial charge is 0.302 e. The molecule has 0 saturated carbocycles. The van der Waals surface area contributed by atoms with E-state index in [1.54, 1.807) is 0 Å². The van der Waals surface area contributed by atoms with Crippen LogP contribution in [0.25, 0.3) is 0 Å². The average Bonchev–Trinajstić information content (AvgIpc) is 1.98. The van der Waals surface area contributed by atoms with Gasteiger partial charge >= 0.3 is 7.60 Å². The Morgan fingerprint density at radius 1 is 1.00 bits per heavy atom. The highest BCUT2D eigenvalue weighted by Gasteiger charge is 2.23. The first-order valence-corrected chi connectivity index (χ1v) is 7.26. The van der Waals surface area contributed by atoms with Crippen molar-refractivity contribution in [3.8, 4) is 0 Å². The fourth-order valence-electron chi connectivity index (χ4n) is 1.00. The second kappa shape index (κ2) is 7.09. The molecule has 0 bridgehead atoms. The second-order valence-corrected chi connectivity index (χ2v) is 6.31. The van der Waals surface area contributed by atoms with E-state index in [0.717, 1.165) is 0 Å². The van der Waals surface area contributed by atoms with Gasteiger partial charge in [0.25, 0.3) is 0 Å². The Kier molecular flexibility index (Phi) is 6.94. The Morgan fingerprint density at radius 2 is 1.44 bits per heavy atom. The molecule has 0 amide bonds. The lowest BCUT2D eigenvalue weighted by molar-refractivity contribution is 0.149. The summed E-state index contributed by atoms with van der Waals surface area (Å²) in [5.41, 5.74) is 2.87. The van der Waals surface area contributed by atoms with Gasteiger partial charge in [0.15, 0.2) is 0 Å². The van der Waals surface area contributed by atoms with Crippen molar-refractivity contribution in [1.29, 1.82) is 0 Å². The molecule has 4 heteroatoms. The van der Waals surface area contributed by atoms with Crippen LogP contribution in [0.5, 0.6) is 0 Å². The quantitative estimate of drug-likeness (QED) is 0.516. The van der Waals surface area contributed by atoms with Gasteiger partial charge in [-0.3, -0.25) is 4.57 Å². The summed E-state index contributed by atoms with van der Waals surface area (Å²) >= 11 is 0. The maximum Gasteiger partial charge on any atom is 0.362 e. The van der Waals surface area contributed by atoms with Gasteiger partial charge in [-0.1, -0.05) is 13.8 Å². The third kappa shape index (κ3) is 7.90. The van der Waals surface area contributed by atoms with Gasteiger partial charge in [-0.2, -0.15) is 0 Å². The molecular formula is C12H23O3P. The lowest BCUT2D eigenvalue weighted by Crippen LogP contribution is -2.06. The van der Waals surface area contributed by atoms with Gasteiger partial charge in [-0.05, 0) is 39.7 Å². The number of hydrogen-bond donors (Lipinski definition) is 0. The van der Waals surface area contributed by atoms with Crippen molar-refractivity contribution < 1.29 is 13.6 Å². The molecule has 0 rings (SSSR count). The Bertz CT molecular complexity index is 285. The first-order valence-electron chi connectivity index (χ1n) is 5.65. The Labute approximate surface area is 99.1 Å². The van der Waals surface area contributed by atoms with Gasteiger partial charge in [0.05, 0.1) is 18.0 Å². The van der Waals surface area contributed by atoms with Crippen molar-refractivity contribution in [3.63, 3.8) is 0 Å². The van der Waals surface area contributed by atoms with Crippen LogP contribution in [0.2, 0.25) is 0 Å². The molecule has 0 aromatic heterocycles. The summed E-state index contributed by atoms with van der Waals surface area (Å²) in [7, 11) is -3.16. The lowest BCUT2D eigenvalue weighted by atomic mass is 10.2. The zero-order valence-corrected chi connectivity index (χ0v) is 12.0. The van der Waals surface area contributed by atoms with E-state index in [0.29, 0.717) is 5.92 Å². The standard InChI is InChI=1S/C12H23O3P/c1-10(2)8-7-9-16(13,14-11(3)4)15-12(5)6/h8-12H,1-6H3. The van der Waals surface area contributed by atoms with Gasteiger partial charge in [0.2, 0.25) is 0 Å². The molecule has 94 valence electrons. The minimum Gasteiger partial charge on any atom is -0.302 e. The fourth-order valence-corrected chi connectivity index (χ4v) is 2.62. The first kappa shape index (κ1) is 15.7. The van der Waals surface area contributed by atoms with Crippen molar-refractivity contribution in [1.82, 2.24) is 0 Å². The first-order chi connectivity index (χ1) is 7.25. The van der Waals surface area contributed by atoms with E-state index >= 15 is 0 Å². The molecule has 0 radical (unpaired) electrons. The van der Waals surface area contributed by atoms with Crippen molar-refractivity contribution in [3.05, 3.63) is 17.6 Å². The molecule has 0 spiro atoms. The Balaban J connectivity index is 4.80. The number of hydrogen-bond acceptors (Lipinski definition) is 3. The van der Waals surface area contributed by atoms with Crippen LogP contribution in [-0.4, -0.2) is 12.2 Å². The highest BCUT2D eigenvalue weighted by molar-refractivity contribution is 7.57. The lowest BCUT2D eigenvalue weighted by Gasteiger charge is -2.18. The SMILES string of the molecule is CC(C)C=C=CP(=O)(OC(C)C)OC(C)C. The zero-order chi connectivity index (χ0) is 12.8. The van der Waals surface area contributed by atoms with Gasteiger partial charge in [-0.15, -0.1) is 5.73 Å². The Morgan fingerprint density at radius 3 is 1.75 bits per heavy atom. The summed E-state index contributed by atoms with van der Waals surface area (Å²) in [6, 6.07) is 0. The molecule has 0 aromatic rings. The summed E-state index contributed by atoms with van der Waals surface area (Å²) in [5, 5.41) is 0. The van der Waals surface area contributed by atoms with Gasteiger partial charge in [0.1, 0.15) is 0 Å². The van der Waals surface area contributed by atoms with Crippen LogP contribution >= 0.6 is 7.60 Å². The van der Waals surface area contributed by atoms with Crippen LogP contribution in [-0.2, 0) is 13.6 Å². The molecule has 0 saturated heterocycles. The second-order valence-electron chi connectivity index (χ2n) is 4.55. The van der Waals surface area contributed by atoms with Crippen LogP contribution in [0, 0.1) is 5.92 Å². The van der Waals surface area contributed by atoms with E-state index in [1.165, 1.54) is 5.82 Å². The van der Waals surface area contributed by atoms with Gasteiger partial charge in [-0.25, -0.2) is 0 Å². The maximum absolute atomic E-state index is 12.2. The van der Waals surface area contributed by atoms with Gasteiger partial charge in [0, 0.05) is 0 Å². The average molecular weight is 246 g/mol. The highest BCUT2D eigenvalue weighted by atomic mass is 31.2. The van der Waals surface area contributed by atoms with Crippen LogP contribution in [0.3, 0.4) is 0 Å². The molecule has 0 aliphatic rings. The maximum atomic E-state index is 12.2. The molecule has 0 N–H and O–H groups in total. The molecule has 0 aliphatic heterocycles. The summed E-state index contributed by atoms with van der Waals surface area (Å²) in [6.45, 7) is 11.4. The molecule has 0 heterocycles. The minimum absolute atomic E-state index is 0.137. The zero-order valence-electron chi connectivity index (χ0n) is 11.1. The summed E-state index contributed by atoms with van der Waals surface area (Å²) in [6.07, 6.45) is 1.56. The topological polar surface area (TPSA) is 35.5 Å². The molecule has 16 heavy (non-hydrogen) atoms. The molecule has 0 unspecified atom stereocenters. The van der Waals surface area contributed by atoms with Crippen molar-refractivity contribution in [2.24, 2.45) is 5.92 Å². The monoisotopic (exact) mass is 246 g/mol. The van der Waals surface area contributed by atoms with E-state index in [9.17, 15) is 4.57 Å². The Hall–Kier alpha value is -0.330. The van der Waals surface area contributed by atoms with E-state index in [1.807, 2.05) is 47.6 Å². The molecule has 3 nitrogen and oxygen atoms in total. The minimum atomic E-state index is -3.16. The van der Waals surface area contributed by atoms with Crippen LogP contribution < -0.4 is 0 Å². The number of allylic oxidation sites excluding steroid dienone is 1. The van der Waals surface area contributed by atoms with Crippen LogP contribution in [0.4, 0.5) is 0 Å². The normalized spacial score (nSPS) is 12.1. The summed E-state index contributed by atoms with van der Waals surface area (Å²) in [5.74, 6) is 1.77. The van der Waals surface area contributed by atoms with E-state index in [-0.39, 0.29) is 12.2 Å². The van der Waals surface area contributed by atoms with Crippen LogP contribution in [0.15, 0.2) is 17.6 Å². The van der Waals surface area contributed by atoms with Crippen molar-refractivity contribution in [2.75, 3.05) is 0 Å². The molecule has 0 atom stereocenters. The number of rotatable bonds is 6. The highest BCUT2D eigenvalue weighted by Crippen LogP contribution is 2.51. The third-order valence-corrected chi connectivity index (χ3v) is 3.27. The predicted molar refractivity (Wildman–Crippen MR) is 67.5 cm³/mol. The predicted octanol–water partition coefficient (Wildman–Crippen LogP) is 4.35. The van der Waals surface area contributed by atoms with Crippen LogP contribution in [0.1, 0.15) is 41.5 Å². The van der Waals surface area contributed by atoms with E-state index in [2.05, 4.69) is 5.73 Å². The summed E-state index contributed by atoms with van der Waals surface area (Å²) < 4.78 is 22.9. The molecule has 0 fully saturated rings. The van der Waals surface area contributed by atoms with E-state index in [4.69, 9.17) is 9.05 Å². The van der Waals surface area contributed by atoms with Crippen molar-refractivity contribution in [2.45, 2.75) is 53.8 Å².